The Labute approximate surface area is 126 Å². The van der Waals surface area contributed by atoms with Crippen LogP contribution in [-0.2, 0) is 6.54 Å². The van der Waals surface area contributed by atoms with E-state index >= 15 is 0 Å². The maximum atomic E-state index is 6.07. The summed E-state index contributed by atoms with van der Waals surface area (Å²) in [5, 5.41) is 4.43. The third kappa shape index (κ3) is 2.88. The fourth-order valence-corrected chi connectivity index (χ4v) is 3.52. The van der Waals surface area contributed by atoms with E-state index in [0.29, 0.717) is 18.5 Å². The van der Waals surface area contributed by atoms with Gasteiger partial charge in [0.15, 0.2) is 0 Å². The van der Waals surface area contributed by atoms with Crippen molar-refractivity contribution in [1.82, 2.24) is 19.3 Å². The Morgan fingerprint density at radius 1 is 1.33 bits per heavy atom. The van der Waals surface area contributed by atoms with Crippen LogP contribution in [0.5, 0.6) is 0 Å². The molecule has 2 aromatic rings. The maximum absolute atomic E-state index is 6.07. The van der Waals surface area contributed by atoms with Crippen LogP contribution >= 0.6 is 0 Å². The first kappa shape index (κ1) is 14.3. The molecule has 0 amide bonds. The average Bonchev–Trinajstić information content (AvgIpc) is 3.20. The van der Waals surface area contributed by atoms with Crippen LogP contribution in [0.15, 0.2) is 24.9 Å². The van der Waals surface area contributed by atoms with Crippen molar-refractivity contribution in [2.75, 3.05) is 6.54 Å². The van der Waals surface area contributed by atoms with E-state index in [4.69, 9.17) is 5.73 Å². The summed E-state index contributed by atoms with van der Waals surface area (Å²) in [6, 6.07) is 0.361. The SMILES string of the molecule is CCCn1cc(-c2cncn2C(CN)C2CCCC2)cn1. The maximum Gasteiger partial charge on any atom is 0.0954 e. The average molecular weight is 287 g/mol. The minimum atomic E-state index is 0.361. The summed E-state index contributed by atoms with van der Waals surface area (Å²) < 4.78 is 4.27. The first-order valence-electron chi connectivity index (χ1n) is 8.08. The molecule has 1 saturated carbocycles. The molecule has 0 bridgehead atoms. The van der Waals surface area contributed by atoms with Crippen molar-refractivity contribution in [3.8, 4) is 11.3 Å². The van der Waals surface area contributed by atoms with E-state index in [9.17, 15) is 0 Å². The highest BCUT2D eigenvalue weighted by atomic mass is 15.3. The second-order valence-electron chi connectivity index (χ2n) is 6.03. The van der Waals surface area contributed by atoms with Crippen molar-refractivity contribution in [3.05, 3.63) is 24.9 Å². The zero-order chi connectivity index (χ0) is 14.7. The minimum absolute atomic E-state index is 0.361. The number of aromatic nitrogens is 4. The lowest BCUT2D eigenvalue weighted by Gasteiger charge is -2.25. The second kappa shape index (κ2) is 6.43. The largest absolute Gasteiger partial charge is 0.328 e. The smallest absolute Gasteiger partial charge is 0.0954 e. The van der Waals surface area contributed by atoms with Gasteiger partial charge in [-0.3, -0.25) is 4.68 Å². The fourth-order valence-electron chi connectivity index (χ4n) is 3.52. The van der Waals surface area contributed by atoms with Crippen LogP contribution in [0.1, 0.15) is 45.1 Å². The van der Waals surface area contributed by atoms with Crippen molar-refractivity contribution in [2.24, 2.45) is 11.7 Å². The van der Waals surface area contributed by atoms with Gasteiger partial charge in [0.1, 0.15) is 0 Å². The summed E-state index contributed by atoms with van der Waals surface area (Å²) in [6.07, 6.45) is 14.2. The van der Waals surface area contributed by atoms with E-state index in [2.05, 4.69) is 27.8 Å². The normalized spacial score (nSPS) is 17.4. The van der Waals surface area contributed by atoms with Crippen LogP contribution in [0.25, 0.3) is 11.3 Å². The molecular formula is C16H25N5. The van der Waals surface area contributed by atoms with Gasteiger partial charge in [0.25, 0.3) is 0 Å². The Kier molecular flexibility index (Phi) is 4.39. The molecule has 0 aromatic carbocycles. The monoisotopic (exact) mass is 287 g/mol. The number of nitrogens with two attached hydrogens (primary N) is 1. The van der Waals surface area contributed by atoms with Crippen LogP contribution in [0, 0.1) is 5.92 Å². The van der Waals surface area contributed by atoms with Gasteiger partial charge in [-0.05, 0) is 25.2 Å². The quantitative estimate of drug-likeness (QED) is 0.888. The highest BCUT2D eigenvalue weighted by Gasteiger charge is 2.27. The van der Waals surface area contributed by atoms with Crippen LogP contribution < -0.4 is 5.73 Å². The van der Waals surface area contributed by atoms with Crippen molar-refractivity contribution in [2.45, 2.75) is 51.6 Å². The molecule has 0 saturated heterocycles. The van der Waals surface area contributed by atoms with Crippen molar-refractivity contribution < 1.29 is 0 Å². The molecule has 5 nitrogen and oxygen atoms in total. The molecule has 1 aliphatic rings. The lowest BCUT2D eigenvalue weighted by molar-refractivity contribution is 0.344. The van der Waals surface area contributed by atoms with Crippen LogP contribution in [0.4, 0.5) is 0 Å². The Morgan fingerprint density at radius 3 is 2.86 bits per heavy atom. The van der Waals surface area contributed by atoms with Crippen molar-refractivity contribution in [1.29, 1.82) is 0 Å². The molecule has 21 heavy (non-hydrogen) atoms. The predicted octanol–water partition coefficient (Wildman–Crippen LogP) is 2.85. The molecule has 2 aromatic heterocycles. The molecule has 2 heterocycles. The van der Waals surface area contributed by atoms with E-state index in [1.807, 2.05) is 23.4 Å². The Balaban J connectivity index is 1.87. The van der Waals surface area contributed by atoms with Gasteiger partial charge in [-0.15, -0.1) is 0 Å². The molecule has 114 valence electrons. The number of hydrogen-bond acceptors (Lipinski definition) is 3. The zero-order valence-corrected chi connectivity index (χ0v) is 12.8. The third-order valence-corrected chi connectivity index (χ3v) is 4.59. The van der Waals surface area contributed by atoms with Crippen LogP contribution in [-0.4, -0.2) is 25.9 Å². The summed E-state index contributed by atoms with van der Waals surface area (Å²) >= 11 is 0. The topological polar surface area (TPSA) is 61.7 Å². The molecule has 0 radical (unpaired) electrons. The second-order valence-corrected chi connectivity index (χ2v) is 6.03. The first-order chi connectivity index (χ1) is 10.3. The summed E-state index contributed by atoms with van der Waals surface area (Å²) in [5.41, 5.74) is 8.35. The number of hydrogen-bond donors (Lipinski definition) is 1. The van der Waals surface area contributed by atoms with Crippen LogP contribution in [0.3, 0.4) is 0 Å². The standard InChI is InChI=1S/C16H25N5/c1-2-7-20-11-14(9-19-20)16-10-18-12-21(16)15(8-17)13-5-3-4-6-13/h9-13,15H,2-8,17H2,1H3. The van der Waals surface area contributed by atoms with Crippen LogP contribution in [0.2, 0.25) is 0 Å². The van der Waals surface area contributed by atoms with Crippen molar-refractivity contribution >= 4 is 0 Å². The van der Waals surface area contributed by atoms with E-state index < -0.39 is 0 Å². The molecule has 0 aliphatic heterocycles. The van der Waals surface area contributed by atoms with Gasteiger partial charge < -0.3 is 10.3 Å². The molecule has 1 unspecified atom stereocenters. The summed E-state index contributed by atoms with van der Waals surface area (Å²) in [7, 11) is 0. The molecule has 5 heteroatoms. The van der Waals surface area contributed by atoms with E-state index in [0.717, 1.165) is 24.2 Å². The summed E-state index contributed by atoms with van der Waals surface area (Å²) in [4.78, 5) is 4.36. The molecule has 1 fully saturated rings. The van der Waals surface area contributed by atoms with Gasteiger partial charge in [-0.25, -0.2) is 4.98 Å². The van der Waals surface area contributed by atoms with E-state index in [1.54, 1.807) is 0 Å². The zero-order valence-electron chi connectivity index (χ0n) is 12.8. The number of rotatable bonds is 6. The van der Waals surface area contributed by atoms with Gasteiger partial charge in [-0.2, -0.15) is 5.10 Å². The lowest BCUT2D eigenvalue weighted by Crippen LogP contribution is -2.25. The van der Waals surface area contributed by atoms with Crippen molar-refractivity contribution in [3.63, 3.8) is 0 Å². The molecule has 1 aliphatic carbocycles. The van der Waals surface area contributed by atoms with E-state index in [1.165, 1.54) is 25.7 Å². The van der Waals surface area contributed by atoms with Gasteiger partial charge in [0.05, 0.1) is 30.5 Å². The fraction of sp³-hybridized carbons (Fsp3) is 0.625. The number of aryl methyl sites for hydroxylation is 1. The Hall–Kier alpha value is -1.62. The number of nitrogens with zero attached hydrogens (tertiary/aromatic N) is 4. The van der Waals surface area contributed by atoms with Gasteiger partial charge in [0, 0.05) is 24.8 Å². The summed E-state index contributed by atoms with van der Waals surface area (Å²) in [5.74, 6) is 0.689. The molecular weight excluding hydrogens is 262 g/mol. The molecule has 0 spiro atoms. The molecule has 2 N–H and O–H groups in total. The Morgan fingerprint density at radius 2 is 2.14 bits per heavy atom. The summed E-state index contributed by atoms with van der Waals surface area (Å²) in [6.45, 7) is 3.80. The predicted molar refractivity (Wildman–Crippen MR) is 83.8 cm³/mol. The lowest BCUT2D eigenvalue weighted by atomic mass is 9.97. The highest BCUT2D eigenvalue weighted by Crippen LogP contribution is 2.35. The molecule has 1 atom stereocenters. The van der Waals surface area contributed by atoms with Gasteiger partial charge >= 0.3 is 0 Å². The Bertz CT molecular complexity index is 565. The first-order valence-corrected chi connectivity index (χ1v) is 8.08. The number of imidazole rings is 1. The minimum Gasteiger partial charge on any atom is -0.328 e. The molecule has 3 rings (SSSR count). The third-order valence-electron chi connectivity index (χ3n) is 4.59. The van der Waals surface area contributed by atoms with E-state index in [-0.39, 0.29) is 0 Å². The van der Waals surface area contributed by atoms with Gasteiger partial charge in [0.2, 0.25) is 0 Å². The van der Waals surface area contributed by atoms with Gasteiger partial charge in [-0.1, -0.05) is 19.8 Å². The highest BCUT2D eigenvalue weighted by molar-refractivity contribution is 5.56.